The Labute approximate surface area is 176 Å². The van der Waals surface area contributed by atoms with Crippen molar-refractivity contribution in [2.75, 3.05) is 32.8 Å². The molecule has 0 spiro atoms. The molecule has 0 aromatic heterocycles. The summed E-state index contributed by atoms with van der Waals surface area (Å²) in [5.74, 6) is -0.448. The zero-order chi connectivity index (χ0) is 21.9. The number of morpholine rings is 1. The molecular weight excluding hydrogens is 448 g/mol. The van der Waals surface area contributed by atoms with Crippen LogP contribution in [0.2, 0.25) is 5.02 Å². The van der Waals surface area contributed by atoms with Crippen molar-refractivity contribution < 1.29 is 30.7 Å². The summed E-state index contributed by atoms with van der Waals surface area (Å²) in [5, 5.41) is -0.223. The SMILES string of the molecule is O=S(=O)(NCC(c1ccc(F)cc1)N1CCOCC1)c1ccc(Cl)cc1C(F)(F)F. The van der Waals surface area contributed by atoms with Crippen LogP contribution in [0.3, 0.4) is 0 Å². The zero-order valence-electron chi connectivity index (χ0n) is 15.6. The molecule has 164 valence electrons. The normalized spacial score (nSPS) is 17.1. The second-order valence-electron chi connectivity index (χ2n) is 6.71. The van der Waals surface area contributed by atoms with Crippen LogP contribution in [0.4, 0.5) is 17.6 Å². The van der Waals surface area contributed by atoms with Gasteiger partial charge in [-0.05, 0) is 35.9 Å². The summed E-state index contributed by atoms with van der Waals surface area (Å²) in [7, 11) is -4.50. The van der Waals surface area contributed by atoms with Crippen LogP contribution >= 0.6 is 11.6 Å². The third-order valence-corrected chi connectivity index (χ3v) is 6.46. The predicted octanol–water partition coefficient (Wildman–Crippen LogP) is 3.85. The van der Waals surface area contributed by atoms with Gasteiger partial charge in [0.1, 0.15) is 5.82 Å². The third kappa shape index (κ3) is 5.50. The van der Waals surface area contributed by atoms with Gasteiger partial charge in [0, 0.05) is 30.7 Å². The largest absolute Gasteiger partial charge is 0.417 e. The first-order valence-electron chi connectivity index (χ1n) is 9.01. The Bertz CT molecular complexity index is 978. The van der Waals surface area contributed by atoms with Crippen molar-refractivity contribution in [2.24, 2.45) is 0 Å². The van der Waals surface area contributed by atoms with Crippen LogP contribution in [0.1, 0.15) is 17.2 Å². The molecule has 0 amide bonds. The van der Waals surface area contributed by atoms with Crippen LogP contribution in [0.25, 0.3) is 0 Å². The molecule has 1 saturated heterocycles. The number of nitrogens with one attached hydrogen (secondary N) is 1. The number of benzene rings is 2. The van der Waals surface area contributed by atoms with Crippen LogP contribution in [0, 0.1) is 5.82 Å². The first-order valence-corrected chi connectivity index (χ1v) is 10.9. The summed E-state index contributed by atoms with van der Waals surface area (Å²) in [4.78, 5) is 1.03. The third-order valence-electron chi connectivity index (χ3n) is 4.74. The molecule has 5 nitrogen and oxygen atoms in total. The molecule has 0 aliphatic carbocycles. The van der Waals surface area contributed by atoms with E-state index in [2.05, 4.69) is 4.72 Å². The van der Waals surface area contributed by atoms with Gasteiger partial charge in [-0.3, -0.25) is 4.90 Å². The minimum Gasteiger partial charge on any atom is -0.379 e. The molecule has 0 saturated carbocycles. The van der Waals surface area contributed by atoms with Gasteiger partial charge in [-0.15, -0.1) is 0 Å². The van der Waals surface area contributed by atoms with E-state index in [0.717, 1.165) is 12.1 Å². The molecule has 2 aromatic carbocycles. The van der Waals surface area contributed by atoms with E-state index in [1.165, 1.54) is 24.3 Å². The van der Waals surface area contributed by atoms with E-state index in [-0.39, 0.29) is 11.6 Å². The van der Waals surface area contributed by atoms with Gasteiger partial charge in [-0.2, -0.15) is 13.2 Å². The van der Waals surface area contributed by atoms with Crippen molar-refractivity contribution in [2.45, 2.75) is 17.1 Å². The Hall–Kier alpha value is -1.72. The number of alkyl halides is 3. The molecule has 1 aliphatic heterocycles. The van der Waals surface area contributed by atoms with Crippen molar-refractivity contribution in [3.05, 3.63) is 64.4 Å². The molecular formula is C19H19ClF4N2O3S. The fraction of sp³-hybridized carbons (Fsp3) is 0.368. The number of sulfonamides is 1. The van der Waals surface area contributed by atoms with Crippen molar-refractivity contribution >= 4 is 21.6 Å². The van der Waals surface area contributed by atoms with Crippen LogP contribution < -0.4 is 4.72 Å². The van der Waals surface area contributed by atoms with E-state index in [9.17, 15) is 26.0 Å². The van der Waals surface area contributed by atoms with Gasteiger partial charge in [0.15, 0.2) is 0 Å². The first-order chi connectivity index (χ1) is 14.1. The average Bonchev–Trinajstić information content (AvgIpc) is 2.69. The zero-order valence-corrected chi connectivity index (χ0v) is 17.2. The number of ether oxygens (including phenoxy) is 1. The molecule has 1 aliphatic rings. The minimum atomic E-state index is -4.89. The maximum atomic E-state index is 13.3. The Kier molecular flexibility index (Phi) is 7.03. The Morgan fingerprint density at radius 3 is 2.33 bits per heavy atom. The molecule has 1 N–H and O–H groups in total. The Morgan fingerprint density at radius 2 is 1.73 bits per heavy atom. The van der Waals surface area contributed by atoms with Crippen LogP contribution in [-0.4, -0.2) is 46.2 Å². The summed E-state index contributed by atoms with van der Waals surface area (Å²) in [6.07, 6.45) is -4.89. The lowest BCUT2D eigenvalue weighted by atomic mass is 10.0. The molecule has 1 atom stereocenters. The standard InChI is InChI=1S/C19H19ClF4N2O3S/c20-14-3-6-18(16(11-14)19(22,23)24)30(27,28)25-12-17(26-7-9-29-10-8-26)13-1-4-15(21)5-2-13/h1-6,11,17,25H,7-10,12H2. The second-order valence-corrected chi connectivity index (χ2v) is 8.88. The number of hydrogen-bond acceptors (Lipinski definition) is 4. The highest BCUT2D eigenvalue weighted by molar-refractivity contribution is 7.89. The molecule has 0 radical (unpaired) electrons. The van der Waals surface area contributed by atoms with E-state index in [0.29, 0.717) is 37.9 Å². The monoisotopic (exact) mass is 466 g/mol. The highest BCUT2D eigenvalue weighted by Crippen LogP contribution is 2.36. The lowest BCUT2D eigenvalue weighted by Crippen LogP contribution is -2.44. The summed E-state index contributed by atoms with van der Waals surface area (Å²) in [5.41, 5.74) is -0.708. The Morgan fingerprint density at radius 1 is 1.10 bits per heavy atom. The number of nitrogens with zero attached hydrogens (tertiary/aromatic N) is 1. The molecule has 2 aromatic rings. The number of rotatable bonds is 6. The smallest absolute Gasteiger partial charge is 0.379 e. The maximum Gasteiger partial charge on any atom is 0.417 e. The lowest BCUT2D eigenvalue weighted by Gasteiger charge is -2.35. The van der Waals surface area contributed by atoms with Crippen LogP contribution in [0.15, 0.2) is 47.4 Å². The van der Waals surface area contributed by atoms with E-state index in [1.807, 2.05) is 4.90 Å². The Balaban J connectivity index is 1.88. The minimum absolute atomic E-state index is 0.201. The van der Waals surface area contributed by atoms with Gasteiger partial charge in [-0.25, -0.2) is 17.5 Å². The first kappa shape index (κ1) is 23.0. The van der Waals surface area contributed by atoms with E-state index < -0.39 is 38.5 Å². The van der Waals surface area contributed by atoms with Crippen molar-refractivity contribution in [3.8, 4) is 0 Å². The number of hydrogen-bond donors (Lipinski definition) is 1. The van der Waals surface area contributed by atoms with E-state index >= 15 is 0 Å². The maximum absolute atomic E-state index is 13.3. The van der Waals surface area contributed by atoms with Gasteiger partial charge < -0.3 is 4.74 Å². The quantitative estimate of drug-likeness (QED) is 0.657. The summed E-state index contributed by atoms with van der Waals surface area (Å²) in [6.45, 7) is 1.66. The van der Waals surface area contributed by atoms with Crippen molar-refractivity contribution in [1.82, 2.24) is 9.62 Å². The highest BCUT2D eigenvalue weighted by atomic mass is 35.5. The molecule has 1 unspecified atom stereocenters. The van der Waals surface area contributed by atoms with Crippen LogP contribution in [0.5, 0.6) is 0 Å². The second kappa shape index (κ2) is 9.19. The molecule has 3 rings (SSSR count). The number of halogens is 5. The molecule has 30 heavy (non-hydrogen) atoms. The summed E-state index contributed by atoms with van der Waals surface area (Å²) in [6, 6.07) is 7.53. The highest BCUT2D eigenvalue weighted by Gasteiger charge is 2.37. The molecule has 1 fully saturated rings. The van der Waals surface area contributed by atoms with Gasteiger partial charge in [0.2, 0.25) is 10.0 Å². The summed E-state index contributed by atoms with van der Waals surface area (Å²) >= 11 is 5.63. The molecule has 1 heterocycles. The van der Waals surface area contributed by atoms with Gasteiger partial charge >= 0.3 is 6.18 Å². The fourth-order valence-corrected chi connectivity index (χ4v) is 4.67. The van der Waals surface area contributed by atoms with Gasteiger partial charge in [-0.1, -0.05) is 23.7 Å². The van der Waals surface area contributed by atoms with Crippen molar-refractivity contribution in [1.29, 1.82) is 0 Å². The predicted molar refractivity (Wildman–Crippen MR) is 103 cm³/mol. The topological polar surface area (TPSA) is 58.6 Å². The van der Waals surface area contributed by atoms with Gasteiger partial charge in [0.05, 0.1) is 23.7 Å². The average molecular weight is 467 g/mol. The fourth-order valence-electron chi connectivity index (χ4n) is 3.26. The molecule has 11 heteroatoms. The van der Waals surface area contributed by atoms with Crippen molar-refractivity contribution in [3.63, 3.8) is 0 Å². The van der Waals surface area contributed by atoms with E-state index in [4.69, 9.17) is 16.3 Å². The molecule has 0 bridgehead atoms. The van der Waals surface area contributed by atoms with Crippen LogP contribution in [-0.2, 0) is 20.9 Å². The summed E-state index contributed by atoms with van der Waals surface area (Å²) < 4.78 is 86.4. The lowest BCUT2D eigenvalue weighted by molar-refractivity contribution is -0.139. The van der Waals surface area contributed by atoms with E-state index in [1.54, 1.807) is 0 Å². The van der Waals surface area contributed by atoms with Gasteiger partial charge in [0.25, 0.3) is 0 Å².